The van der Waals surface area contributed by atoms with Crippen LogP contribution >= 0.6 is 11.8 Å². The zero-order chi connectivity index (χ0) is 21.0. The molecule has 0 aliphatic carbocycles. The van der Waals surface area contributed by atoms with Crippen LogP contribution in [0.1, 0.15) is 71.1 Å². The fourth-order valence-corrected chi connectivity index (χ4v) is 4.47. The molecule has 0 saturated heterocycles. The molecule has 5 nitrogen and oxygen atoms in total. The molecule has 0 bridgehead atoms. The zero-order valence-corrected chi connectivity index (χ0v) is 17.5. The lowest BCUT2D eigenvalue weighted by Crippen LogP contribution is -2.30. The number of unbranched alkanes of at least 4 members (excludes halogenated alkanes) is 3. The molecule has 1 heterocycles. The third-order valence-electron chi connectivity index (χ3n) is 5.12. The summed E-state index contributed by atoms with van der Waals surface area (Å²) in [6.07, 6.45) is 4.20. The van der Waals surface area contributed by atoms with Gasteiger partial charge in [-0.1, -0.05) is 38.3 Å². The van der Waals surface area contributed by atoms with E-state index in [1.54, 1.807) is 47.0 Å². The van der Waals surface area contributed by atoms with Crippen LogP contribution in [0, 0.1) is 0 Å². The topological polar surface area (TPSA) is 74.7 Å². The Morgan fingerprint density at radius 2 is 1.79 bits per heavy atom. The highest BCUT2D eigenvalue weighted by Crippen LogP contribution is 2.38. The maximum atomic E-state index is 12.4. The Morgan fingerprint density at radius 3 is 2.45 bits per heavy atom. The summed E-state index contributed by atoms with van der Waals surface area (Å²) in [5.74, 6) is -1.81. The van der Waals surface area contributed by atoms with E-state index in [4.69, 9.17) is 5.11 Å². The number of fused-ring (bicyclic) bond motifs is 1. The van der Waals surface area contributed by atoms with E-state index in [-0.39, 0.29) is 10.8 Å². The maximum absolute atomic E-state index is 12.4. The summed E-state index contributed by atoms with van der Waals surface area (Å²) < 4.78 is 0. The number of carbonyl (C=O) groups is 3. The van der Waals surface area contributed by atoms with Crippen molar-refractivity contribution < 1.29 is 19.5 Å². The number of hydrogen-bond acceptors (Lipinski definition) is 4. The minimum atomic E-state index is -0.946. The van der Waals surface area contributed by atoms with E-state index in [9.17, 15) is 14.4 Å². The molecule has 0 saturated carbocycles. The molecule has 2 aromatic rings. The minimum absolute atomic E-state index is 0.0771. The van der Waals surface area contributed by atoms with Crippen molar-refractivity contribution in [2.45, 2.75) is 49.7 Å². The van der Waals surface area contributed by atoms with Gasteiger partial charge in [0.05, 0.1) is 16.8 Å². The number of thioether (sulfide) groups is 1. The maximum Gasteiger partial charge on any atom is 0.335 e. The number of carboxylic acids is 1. The molecule has 1 aliphatic heterocycles. The van der Waals surface area contributed by atoms with Crippen molar-refractivity contribution in [3.05, 3.63) is 59.2 Å². The van der Waals surface area contributed by atoms with E-state index in [0.717, 1.165) is 36.1 Å². The molecule has 1 amide bonds. The molecule has 0 fully saturated rings. The average molecular weight is 412 g/mol. The lowest BCUT2D eigenvalue weighted by molar-refractivity contribution is -0.114. The van der Waals surface area contributed by atoms with Gasteiger partial charge in [-0.25, -0.2) is 4.79 Å². The number of rotatable bonds is 9. The van der Waals surface area contributed by atoms with E-state index >= 15 is 0 Å². The Hall–Kier alpha value is -2.60. The Balaban J connectivity index is 1.72. The second kappa shape index (κ2) is 9.27. The molecule has 29 heavy (non-hydrogen) atoms. The van der Waals surface area contributed by atoms with Gasteiger partial charge in [0.2, 0.25) is 0 Å². The predicted molar refractivity (Wildman–Crippen MR) is 115 cm³/mol. The highest BCUT2D eigenvalue weighted by atomic mass is 32.2. The second-order valence-corrected chi connectivity index (χ2v) is 8.63. The minimum Gasteiger partial charge on any atom is -0.478 e. The van der Waals surface area contributed by atoms with Crippen LogP contribution < -0.4 is 4.90 Å². The number of ketones is 1. The average Bonchev–Trinajstić information content (AvgIpc) is 2.95. The summed E-state index contributed by atoms with van der Waals surface area (Å²) in [7, 11) is 0. The number of aromatic carboxylic acids is 1. The molecule has 6 heteroatoms. The molecule has 0 radical (unpaired) electrons. The smallest absolute Gasteiger partial charge is 0.335 e. The molecule has 0 aromatic heterocycles. The fraction of sp³-hybridized carbons (Fsp3) is 0.348. The summed E-state index contributed by atoms with van der Waals surface area (Å²) >= 11 is 1.58. The van der Waals surface area contributed by atoms with Crippen LogP contribution in [0.15, 0.2) is 47.4 Å². The van der Waals surface area contributed by atoms with Crippen molar-refractivity contribution in [1.82, 2.24) is 0 Å². The van der Waals surface area contributed by atoms with E-state index < -0.39 is 17.7 Å². The molecule has 2 aromatic carbocycles. The van der Waals surface area contributed by atoms with Crippen LogP contribution in [0.4, 0.5) is 5.69 Å². The number of anilines is 1. The quantitative estimate of drug-likeness (QED) is 0.342. The van der Waals surface area contributed by atoms with E-state index in [2.05, 4.69) is 6.92 Å². The zero-order valence-electron chi connectivity index (χ0n) is 16.7. The SMILES string of the molecule is CCCCCCN1C(=O)C(=O)c2cc(SC(C)c3ccc(C(=O)O)cc3)ccc21. The van der Waals surface area contributed by atoms with Crippen LogP contribution in [-0.4, -0.2) is 29.3 Å². The molecule has 1 unspecified atom stereocenters. The Morgan fingerprint density at radius 1 is 1.07 bits per heavy atom. The molecule has 0 spiro atoms. The van der Waals surface area contributed by atoms with Crippen molar-refractivity contribution in [1.29, 1.82) is 0 Å². The van der Waals surface area contributed by atoms with Crippen LogP contribution in [-0.2, 0) is 4.79 Å². The number of carbonyl (C=O) groups excluding carboxylic acids is 2. The van der Waals surface area contributed by atoms with Gasteiger partial charge in [-0.15, -0.1) is 11.8 Å². The first-order valence-corrected chi connectivity index (χ1v) is 10.8. The van der Waals surface area contributed by atoms with Crippen LogP contribution in [0.25, 0.3) is 0 Å². The molecule has 1 N–H and O–H groups in total. The largest absolute Gasteiger partial charge is 0.478 e. The Labute approximate surface area is 175 Å². The van der Waals surface area contributed by atoms with Crippen molar-refractivity contribution in [3.63, 3.8) is 0 Å². The van der Waals surface area contributed by atoms with E-state index in [1.807, 2.05) is 19.1 Å². The van der Waals surface area contributed by atoms with Gasteiger partial charge in [0.15, 0.2) is 0 Å². The Kier molecular flexibility index (Phi) is 6.75. The lowest BCUT2D eigenvalue weighted by atomic mass is 10.1. The third kappa shape index (κ3) is 4.70. The first-order valence-electron chi connectivity index (χ1n) is 9.92. The number of carboxylic acid groups (broad SMARTS) is 1. The monoisotopic (exact) mass is 411 g/mol. The molecule has 152 valence electrons. The first-order chi connectivity index (χ1) is 13.9. The van der Waals surface area contributed by atoms with Crippen molar-refractivity contribution >= 4 is 35.1 Å². The van der Waals surface area contributed by atoms with Crippen LogP contribution in [0.2, 0.25) is 0 Å². The number of Topliss-reactive ketones (excluding diaryl/α,β-unsaturated/α-hetero) is 1. The summed E-state index contributed by atoms with van der Waals surface area (Å²) in [5.41, 5.74) is 2.44. The van der Waals surface area contributed by atoms with Crippen LogP contribution in [0.5, 0.6) is 0 Å². The van der Waals surface area contributed by atoms with Gasteiger partial charge >= 0.3 is 5.97 Å². The van der Waals surface area contributed by atoms with Gasteiger partial charge in [0.25, 0.3) is 11.7 Å². The summed E-state index contributed by atoms with van der Waals surface area (Å²) in [4.78, 5) is 38.4. The van der Waals surface area contributed by atoms with Crippen molar-refractivity contribution in [3.8, 4) is 0 Å². The van der Waals surface area contributed by atoms with Crippen molar-refractivity contribution in [2.24, 2.45) is 0 Å². The van der Waals surface area contributed by atoms with Gasteiger partial charge in [0, 0.05) is 16.7 Å². The second-order valence-electron chi connectivity index (χ2n) is 7.21. The van der Waals surface area contributed by atoms with Gasteiger partial charge in [-0.2, -0.15) is 0 Å². The third-order valence-corrected chi connectivity index (χ3v) is 6.27. The summed E-state index contributed by atoms with van der Waals surface area (Å²) in [5, 5.41) is 9.10. The predicted octanol–water partition coefficient (Wildman–Crippen LogP) is 5.35. The number of benzene rings is 2. The molecular weight excluding hydrogens is 386 g/mol. The summed E-state index contributed by atoms with van der Waals surface area (Å²) in [6.45, 7) is 4.75. The Bertz CT molecular complexity index is 923. The van der Waals surface area contributed by atoms with Crippen molar-refractivity contribution in [2.75, 3.05) is 11.4 Å². The molecule has 1 atom stereocenters. The summed E-state index contributed by atoms with van der Waals surface area (Å²) in [6, 6.07) is 12.4. The normalized spacial score (nSPS) is 14.2. The van der Waals surface area contributed by atoms with E-state index in [0.29, 0.717) is 17.8 Å². The van der Waals surface area contributed by atoms with Crippen LogP contribution in [0.3, 0.4) is 0 Å². The van der Waals surface area contributed by atoms with Gasteiger partial charge in [-0.05, 0) is 49.2 Å². The van der Waals surface area contributed by atoms with Gasteiger partial charge in [0.1, 0.15) is 0 Å². The molecule has 3 rings (SSSR count). The van der Waals surface area contributed by atoms with Gasteiger partial charge < -0.3 is 10.0 Å². The highest BCUT2D eigenvalue weighted by molar-refractivity contribution is 7.99. The number of amides is 1. The lowest BCUT2D eigenvalue weighted by Gasteiger charge is -2.17. The van der Waals surface area contributed by atoms with Gasteiger partial charge in [-0.3, -0.25) is 9.59 Å². The molecule has 1 aliphatic rings. The number of nitrogens with zero attached hydrogens (tertiary/aromatic N) is 1. The molecular formula is C23H25NO4S. The highest BCUT2D eigenvalue weighted by Gasteiger charge is 2.35. The van der Waals surface area contributed by atoms with E-state index in [1.165, 1.54) is 0 Å². The standard InChI is InChI=1S/C23H25NO4S/c1-3-4-5-6-13-24-20-12-11-18(14-19(20)21(25)22(24)26)29-15(2)16-7-9-17(10-8-16)23(27)28/h7-12,14-15H,3-6,13H2,1-2H3,(H,27,28). The fourth-order valence-electron chi connectivity index (χ4n) is 3.44. The number of hydrogen-bond donors (Lipinski definition) is 1. The first kappa shape index (κ1) is 21.1.